The van der Waals surface area contributed by atoms with Gasteiger partial charge >= 0.3 is 0 Å². The van der Waals surface area contributed by atoms with Gasteiger partial charge in [0, 0.05) is 11.8 Å². The topological polar surface area (TPSA) is 60.2 Å². The van der Waals surface area contributed by atoms with Gasteiger partial charge in [0.25, 0.3) is 0 Å². The summed E-state index contributed by atoms with van der Waals surface area (Å²) in [6.07, 6.45) is 3.50. The molecule has 2 N–H and O–H groups in total. The minimum absolute atomic E-state index is 0.202. The van der Waals surface area contributed by atoms with Crippen LogP contribution in [0.4, 0.5) is 4.39 Å². The third-order valence-corrected chi connectivity index (χ3v) is 3.96. The number of rotatable bonds is 3. The average molecular weight is 243 g/mol. The van der Waals surface area contributed by atoms with Gasteiger partial charge in [-0.3, -0.25) is 0 Å². The Bertz CT molecular complexity index is 521. The fourth-order valence-electron chi connectivity index (χ4n) is 1.69. The van der Waals surface area contributed by atoms with Crippen LogP contribution in [0.25, 0.3) is 0 Å². The summed E-state index contributed by atoms with van der Waals surface area (Å²) in [5.41, 5.74) is 6.51. The number of benzene rings is 1. The molecule has 0 saturated heterocycles. The van der Waals surface area contributed by atoms with Crippen molar-refractivity contribution in [3.63, 3.8) is 0 Å². The zero-order valence-corrected chi connectivity index (χ0v) is 9.85. The van der Waals surface area contributed by atoms with Gasteiger partial charge in [-0.15, -0.1) is 0 Å². The van der Waals surface area contributed by atoms with Gasteiger partial charge in [-0.05, 0) is 37.0 Å². The van der Waals surface area contributed by atoms with Crippen LogP contribution in [-0.4, -0.2) is 20.2 Å². The van der Waals surface area contributed by atoms with Crippen molar-refractivity contribution in [2.24, 2.45) is 5.73 Å². The minimum atomic E-state index is -3.51. The second-order valence-corrected chi connectivity index (χ2v) is 6.56. The molecule has 1 fully saturated rings. The van der Waals surface area contributed by atoms with Crippen LogP contribution in [0.3, 0.4) is 0 Å². The van der Waals surface area contributed by atoms with Gasteiger partial charge in [0.05, 0.1) is 0 Å². The molecule has 0 heterocycles. The van der Waals surface area contributed by atoms with E-state index < -0.39 is 15.7 Å². The first kappa shape index (κ1) is 11.5. The zero-order valence-electron chi connectivity index (χ0n) is 9.03. The largest absolute Gasteiger partial charge is 0.325 e. The highest BCUT2D eigenvalue weighted by molar-refractivity contribution is 7.90. The summed E-state index contributed by atoms with van der Waals surface area (Å²) in [5, 5.41) is 0. The predicted molar refractivity (Wildman–Crippen MR) is 59.4 cm³/mol. The molecule has 1 aliphatic rings. The molecule has 0 aliphatic heterocycles. The van der Waals surface area contributed by atoms with Gasteiger partial charge < -0.3 is 5.73 Å². The van der Waals surface area contributed by atoms with Crippen LogP contribution in [0.1, 0.15) is 18.4 Å². The highest BCUT2D eigenvalue weighted by Gasteiger charge is 2.38. The van der Waals surface area contributed by atoms with Crippen LogP contribution in [0.2, 0.25) is 0 Å². The lowest BCUT2D eigenvalue weighted by atomic mass is 10.1. The van der Waals surface area contributed by atoms with E-state index in [0.29, 0.717) is 6.42 Å². The molecule has 1 aliphatic carbocycles. The molecule has 16 heavy (non-hydrogen) atoms. The molecule has 0 amide bonds. The van der Waals surface area contributed by atoms with Crippen molar-refractivity contribution in [1.29, 1.82) is 0 Å². The molecule has 0 spiro atoms. The maximum Gasteiger partial charge on any atom is 0.178 e. The number of sulfone groups is 1. The first-order chi connectivity index (χ1) is 7.30. The minimum Gasteiger partial charge on any atom is -0.325 e. The van der Waals surface area contributed by atoms with E-state index in [4.69, 9.17) is 5.73 Å². The number of hydrogen-bond acceptors (Lipinski definition) is 3. The first-order valence-electron chi connectivity index (χ1n) is 5.08. The van der Waals surface area contributed by atoms with Crippen LogP contribution in [-0.2, 0) is 16.3 Å². The summed E-state index contributed by atoms with van der Waals surface area (Å²) in [4.78, 5) is -0.241. The fourth-order valence-corrected chi connectivity index (χ4v) is 2.47. The Morgan fingerprint density at radius 1 is 1.44 bits per heavy atom. The number of nitrogens with two attached hydrogens (primary N) is 1. The molecule has 1 aromatic carbocycles. The second kappa shape index (κ2) is 3.53. The van der Waals surface area contributed by atoms with Crippen molar-refractivity contribution in [3.8, 4) is 0 Å². The second-order valence-electron chi connectivity index (χ2n) is 4.58. The normalized spacial score (nSPS) is 18.4. The van der Waals surface area contributed by atoms with Crippen molar-refractivity contribution in [3.05, 3.63) is 29.6 Å². The van der Waals surface area contributed by atoms with Crippen LogP contribution in [0, 0.1) is 5.82 Å². The average Bonchev–Trinajstić information content (AvgIpc) is 2.85. The molecule has 2 rings (SSSR count). The Labute approximate surface area is 94.4 Å². The summed E-state index contributed by atoms with van der Waals surface area (Å²) in [6.45, 7) is 0. The molecule has 0 bridgehead atoms. The van der Waals surface area contributed by atoms with E-state index in [1.165, 1.54) is 12.1 Å². The molecule has 3 nitrogen and oxygen atoms in total. The Kier molecular flexibility index (Phi) is 2.55. The van der Waals surface area contributed by atoms with E-state index in [2.05, 4.69) is 0 Å². The van der Waals surface area contributed by atoms with Gasteiger partial charge in [-0.1, -0.05) is 6.07 Å². The highest BCUT2D eigenvalue weighted by atomic mass is 32.2. The van der Waals surface area contributed by atoms with Gasteiger partial charge in [-0.25, -0.2) is 12.8 Å². The van der Waals surface area contributed by atoms with E-state index in [1.807, 2.05) is 0 Å². The van der Waals surface area contributed by atoms with E-state index in [9.17, 15) is 12.8 Å². The molecule has 5 heteroatoms. The monoisotopic (exact) mass is 243 g/mol. The smallest absolute Gasteiger partial charge is 0.178 e. The Balaban J connectivity index is 2.36. The zero-order chi connectivity index (χ0) is 12.0. The van der Waals surface area contributed by atoms with Gasteiger partial charge in [0.1, 0.15) is 10.7 Å². The molecule has 0 unspecified atom stereocenters. The Hall–Kier alpha value is -0.940. The molecular formula is C11H14FNO2S. The van der Waals surface area contributed by atoms with Crippen molar-refractivity contribution < 1.29 is 12.8 Å². The van der Waals surface area contributed by atoms with Gasteiger partial charge in [0.15, 0.2) is 9.84 Å². The highest BCUT2D eigenvalue weighted by Crippen LogP contribution is 2.36. The Morgan fingerprint density at radius 3 is 2.56 bits per heavy atom. The third-order valence-electron chi connectivity index (χ3n) is 2.84. The van der Waals surface area contributed by atoms with Crippen LogP contribution < -0.4 is 5.73 Å². The van der Waals surface area contributed by atoms with E-state index >= 15 is 0 Å². The van der Waals surface area contributed by atoms with Gasteiger partial charge in [0.2, 0.25) is 0 Å². The lowest BCUT2D eigenvalue weighted by Crippen LogP contribution is -2.24. The van der Waals surface area contributed by atoms with Crippen LogP contribution in [0.15, 0.2) is 23.1 Å². The van der Waals surface area contributed by atoms with E-state index in [0.717, 1.165) is 24.7 Å². The number of hydrogen-bond donors (Lipinski definition) is 1. The maximum absolute atomic E-state index is 13.3. The van der Waals surface area contributed by atoms with Crippen molar-refractivity contribution in [1.82, 2.24) is 0 Å². The molecule has 0 radical (unpaired) electrons. The first-order valence-corrected chi connectivity index (χ1v) is 6.97. The summed E-state index contributed by atoms with van der Waals surface area (Å²) in [7, 11) is -3.51. The van der Waals surface area contributed by atoms with Crippen molar-refractivity contribution in [2.75, 3.05) is 6.26 Å². The molecular weight excluding hydrogens is 229 g/mol. The predicted octanol–water partition coefficient (Wildman–Crippen LogP) is 1.26. The van der Waals surface area contributed by atoms with Crippen LogP contribution in [0.5, 0.6) is 0 Å². The van der Waals surface area contributed by atoms with Crippen molar-refractivity contribution >= 4 is 9.84 Å². The lowest BCUT2D eigenvalue weighted by molar-refractivity contribution is 0.568. The maximum atomic E-state index is 13.3. The molecule has 1 saturated carbocycles. The summed E-state index contributed by atoms with van der Waals surface area (Å²) in [6, 6.07) is 4.17. The molecule has 0 atom stereocenters. The van der Waals surface area contributed by atoms with Crippen molar-refractivity contribution in [2.45, 2.75) is 29.7 Å². The quantitative estimate of drug-likeness (QED) is 0.869. The summed E-state index contributed by atoms with van der Waals surface area (Å²) in [5.74, 6) is -0.701. The standard InChI is InChI=1S/C11H14FNO2S/c1-16(14,15)10-6-8(2-3-9(10)12)7-11(13)4-5-11/h2-3,6H,4-5,7,13H2,1H3. The van der Waals surface area contributed by atoms with E-state index in [1.54, 1.807) is 6.07 Å². The molecule has 1 aromatic rings. The fraction of sp³-hybridized carbons (Fsp3) is 0.455. The van der Waals surface area contributed by atoms with Gasteiger partial charge in [-0.2, -0.15) is 0 Å². The third kappa shape index (κ3) is 2.41. The molecule has 0 aromatic heterocycles. The van der Waals surface area contributed by atoms with Crippen LogP contribution >= 0.6 is 0 Å². The Morgan fingerprint density at radius 2 is 2.06 bits per heavy atom. The lowest BCUT2D eigenvalue weighted by Gasteiger charge is -2.10. The van der Waals surface area contributed by atoms with E-state index in [-0.39, 0.29) is 10.4 Å². The number of halogens is 1. The summed E-state index contributed by atoms with van der Waals surface area (Å²) >= 11 is 0. The SMILES string of the molecule is CS(=O)(=O)c1cc(CC2(N)CC2)ccc1F. The molecule has 88 valence electrons. The summed E-state index contributed by atoms with van der Waals surface area (Å²) < 4.78 is 35.9.